The van der Waals surface area contributed by atoms with Crippen LogP contribution in [0.4, 0.5) is 0 Å². The van der Waals surface area contributed by atoms with Gasteiger partial charge in [-0.1, -0.05) is 25.8 Å². The molecule has 0 unspecified atom stereocenters. The first-order chi connectivity index (χ1) is 32.3. The number of carbonyl (C=O) groups is 2. The minimum Gasteiger partial charge on any atom is -0.508 e. The molecule has 7 bridgehead atoms. The predicted octanol–water partition coefficient (Wildman–Crippen LogP) is 3.21. The summed E-state index contributed by atoms with van der Waals surface area (Å²) in [5.74, 6) is 1.21. The van der Waals surface area contributed by atoms with Crippen molar-refractivity contribution in [3.05, 3.63) is 40.5 Å². The lowest BCUT2D eigenvalue weighted by Gasteiger charge is -2.67. The number of Topliss-reactive ketones (excluding diaryl/α,β-unsaturated/α-hetero) is 1. The maximum absolute atomic E-state index is 15.3. The number of aliphatic hydroxyl groups excluding tert-OH is 2. The average molecular weight is 941 g/mol. The smallest absolute Gasteiger partial charge is 0.240 e. The third kappa shape index (κ3) is 5.78. The first-order valence-corrected chi connectivity index (χ1v) is 25.9. The van der Waals surface area contributed by atoms with Crippen LogP contribution in [0.2, 0.25) is 0 Å². The van der Waals surface area contributed by atoms with E-state index in [9.17, 15) is 35.7 Å². The van der Waals surface area contributed by atoms with Gasteiger partial charge in [0.25, 0.3) is 0 Å². The van der Waals surface area contributed by atoms with Crippen molar-refractivity contribution < 1.29 is 59.5 Å². The topological polar surface area (TPSA) is 218 Å². The van der Waals surface area contributed by atoms with Crippen LogP contribution in [0, 0.1) is 69.0 Å². The Morgan fingerprint density at radius 3 is 2.56 bits per heavy atom. The molecule has 4 aliphatic heterocycles. The molecule has 7 aliphatic carbocycles. The molecule has 1 aromatic rings. The van der Waals surface area contributed by atoms with E-state index in [-0.39, 0.29) is 53.8 Å². The molecule has 0 aromatic heterocycles. The second-order valence-electron chi connectivity index (χ2n) is 24.3. The number of carbonyl (C=O) groups excluding carboxylic acids is 2. The van der Waals surface area contributed by atoms with E-state index in [4.69, 9.17) is 14.2 Å². The number of aromatic hydroxyl groups is 1. The quantitative estimate of drug-likeness (QED) is 0.0891. The summed E-state index contributed by atoms with van der Waals surface area (Å²) in [5.41, 5.74) is -4.12. The lowest BCUT2D eigenvalue weighted by molar-refractivity contribution is -0.345. The number of fused-ring (bicyclic) bond motifs is 6. The van der Waals surface area contributed by atoms with Crippen LogP contribution in [0.5, 0.6) is 5.75 Å². The fraction of sp³-hybridized carbons (Fsp3) is 0.778. The Morgan fingerprint density at radius 2 is 1.78 bits per heavy atom. The SMILES string of the molecule is COCCCO[C@H]1CC[C@@]2(C)[C@@H](C1)C(=O)C1=C3[C@@]24C#CC[C@@H]2CN2C(=O)[C@@H]2N[C@@H](O)[C@@H]5O[C@@H]([C@H](CO)[C@H]5[C@]25C[C@H]2CCc6cc(O)ccc6[C@H]2C5)C(O)(O)[C@@](C)(O)[C@H]2C[C@H](CC1)[C@]3(O)[C@]2(C)CC4. The van der Waals surface area contributed by atoms with E-state index < -0.39 is 93.4 Å². The predicted molar refractivity (Wildman–Crippen MR) is 245 cm³/mol. The molecule has 11 aliphatic rings. The fourth-order valence-electron chi connectivity index (χ4n) is 18.4. The average Bonchev–Trinajstić information content (AvgIpc) is 3.67. The molecule has 3 saturated heterocycles. The number of hydrogen-bond donors (Lipinski definition) is 8. The lowest BCUT2D eigenvalue weighted by Crippen LogP contribution is -2.71. The number of rotatable bonds is 6. The number of benzene rings is 1. The zero-order chi connectivity index (χ0) is 47.7. The van der Waals surface area contributed by atoms with Gasteiger partial charge in [-0.05, 0) is 148 Å². The summed E-state index contributed by atoms with van der Waals surface area (Å²) in [6, 6.07) is 4.40. The van der Waals surface area contributed by atoms with Crippen LogP contribution in [0.15, 0.2) is 29.3 Å². The van der Waals surface area contributed by atoms with Crippen LogP contribution < -0.4 is 5.32 Å². The number of allylic oxidation sites excluding steroid dienone is 1. The molecule has 19 atom stereocenters. The number of phenolic OH excluding ortho intramolecular Hbond substituents is 1. The maximum Gasteiger partial charge on any atom is 0.240 e. The number of aryl methyl sites for hydroxylation is 1. The van der Waals surface area contributed by atoms with Crippen LogP contribution in [-0.4, -0.2) is 139 Å². The lowest BCUT2D eigenvalue weighted by atomic mass is 9.37. The zero-order valence-corrected chi connectivity index (χ0v) is 40.1. The number of amides is 1. The summed E-state index contributed by atoms with van der Waals surface area (Å²) in [6.45, 7) is 6.60. The summed E-state index contributed by atoms with van der Waals surface area (Å²) >= 11 is 0. The molecular formula is C54H72N2O12. The van der Waals surface area contributed by atoms with E-state index in [1.165, 1.54) is 6.92 Å². The minimum atomic E-state index is -3.02. The molecule has 12 rings (SSSR count). The van der Waals surface area contributed by atoms with Gasteiger partial charge in [-0.3, -0.25) is 14.9 Å². The Kier molecular flexibility index (Phi) is 10.4. The summed E-state index contributed by atoms with van der Waals surface area (Å²) < 4.78 is 18.4. The van der Waals surface area contributed by atoms with Gasteiger partial charge >= 0.3 is 0 Å². The minimum absolute atomic E-state index is 0.00454. The largest absolute Gasteiger partial charge is 0.508 e. The number of ketones is 1. The Labute approximate surface area is 399 Å². The number of nitrogens with one attached hydrogen (secondary N) is 1. The fourth-order valence-corrected chi connectivity index (χ4v) is 18.4. The van der Waals surface area contributed by atoms with Crippen molar-refractivity contribution in [2.45, 2.75) is 170 Å². The number of hydrogen-bond acceptors (Lipinski definition) is 13. The van der Waals surface area contributed by atoms with Crippen molar-refractivity contribution >= 4 is 11.7 Å². The van der Waals surface area contributed by atoms with Crippen LogP contribution in [0.3, 0.4) is 0 Å². The molecule has 68 heavy (non-hydrogen) atoms. The highest BCUT2D eigenvalue weighted by molar-refractivity contribution is 6.01. The highest BCUT2D eigenvalue weighted by Gasteiger charge is 2.80. The number of aliphatic hydroxyl groups is 6. The van der Waals surface area contributed by atoms with Crippen molar-refractivity contribution in [2.75, 3.05) is 33.5 Å². The molecule has 14 nitrogen and oxygen atoms in total. The number of piperidine rings is 1. The molecule has 7 fully saturated rings. The molecule has 370 valence electrons. The highest BCUT2D eigenvalue weighted by Crippen LogP contribution is 2.78. The molecule has 14 heteroatoms. The highest BCUT2D eigenvalue weighted by atomic mass is 16.6. The maximum atomic E-state index is 15.3. The summed E-state index contributed by atoms with van der Waals surface area (Å²) in [7, 11) is 1.67. The van der Waals surface area contributed by atoms with E-state index >= 15 is 9.59 Å². The molecule has 1 spiro atoms. The molecule has 4 saturated carbocycles. The Hall–Kier alpha value is -2.94. The third-order valence-corrected chi connectivity index (χ3v) is 21.7. The Bertz CT molecular complexity index is 2390. The second-order valence-corrected chi connectivity index (χ2v) is 24.3. The van der Waals surface area contributed by atoms with Crippen LogP contribution in [0.1, 0.15) is 121 Å². The van der Waals surface area contributed by atoms with Gasteiger partial charge in [-0.15, -0.1) is 5.92 Å². The number of nitrogens with zero attached hydrogens (tertiary/aromatic N) is 1. The van der Waals surface area contributed by atoms with Gasteiger partial charge in [-0.2, -0.15) is 0 Å². The summed E-state index contributed by atoms with van der Waals surface area (Å²) in [4.78, 5) is 32.4. The summed E-state index contributed by atoms with van der Waals surface area (Å²) in [6.07, 6.45) is 3.60. The van der Waals surface area contributed by atoms with Crippen molar-refractivity contribution in [2.24, 2.45) is 57.2 Å². The van der Waals surface area contributed by atoms with Crippen molar-refractivity contribution in [3.8, 4) is 17.6 Å². The molecule has 1 amide bonds. The summed E-state index contributed by atoms with van der Waals surface area (Å²) in [5, 5.41) is 90.7. The van der Waals surface area contributed by atoms with E-state index in [1.807, 2.05) is 24.0 Å². The Balaban J connectivity index is 0.998. The Morgan fingerprint density at radius 1 is 0.971 bits per heavy atom. The number of phenols is 1. The molecule has 0 radical (unpaired) electrons. The van der Waals surface area contributed by atoms with Crippen LogP contribution >= 0.6 is 0 Å². The standard InChI is InChI=1S/C54H72N2O12/c1-48-16-14-33(67-20-6-19-66-4)23-38(48)41(59)35-12-10-30-22-39-49(2)17-18-52(48,43(35)53(30,49)63)15-5-7-31-26-56(31)47(61)44-51(24-29-9-8-28-21-32(58)11-13-34(28)36(29)25-51)40-37(27-57)45(54(64,65)50(39,3)62)68-42(40)46(60)55-44/h11,13,21,29-31,33,36-40,42,44-46,55,57-58,60,62-65H,6-10,12,14,16-20,22-27H2,1-4H3/t29-,30+,31-,33+,36+,37-,38+,39+,40-,42-,44+,45+,46+,48+,49-,50+,51-,52+,53-,56?/m1/s1. The van der Waals surface area contributed by atoms with Gasteiger partial charge in [0.1, 0.15) is 29.8 Å². The van der Waals surface area contributed by atoms with Crippen molar-refractivity contribution in [1.29, 1.82) is 0 Å². The van der Waals surface area contributed by atoms with Gasteiger partial charge < -0.3 is 54.9 Å². The van der Waals surface area contributed by atoms with Crippen LogP contribution in [0.25, 0.3) is 0 Å². The molecule has 8 N–H and O–H groups in total. The second kappa shape index (κ2) is 15.3. The molecular weight excluding hydrogens is 869 g/mol. The molecule has 1 aromatic carbocycles. The third-order valence-electron chi connectivity index (χ3n) is 21.7. The number of ether oxygens (including phenoxy) is 3. The van der Waals surface area contributed by atoms with Crippen molar-refractivity contribution in [3.63, 3.8) is 0 Å². The normalized spacial score (nSPS) is 50.3. The first kappa shape index (κ1) is 46.2. The number of methoxy groups -OCH3 is 1. The van der Waals surface area contributed by atoms with Crippen LogP contribution in [-0.2, 0) is 30.2 Å². The van der Waals surface area contributed by atoms with E-state index in [2.05, 4.69) is 24.1 Å². The van der Waals surface area contributed by atoms with E-state index in [1.54, 1.807) is 13.2 Å². The zero-order valence-electron chi connectivity index (χ0n) is 40.1. The van der Waals surface area contributed by atoms with Gasteiger partial charge in [0.05, 0.1) is 29.2 Å². The molecule has 4 heterocycles. The van der Waals surface area contributed by atoms with Gasteiger partial charge in [-0.25, -0.2) is 0 Å². The van der Waals surface area contributed by atoms with E-state index in [0.29, 0.717) is 88.7 Å². The van der Waals surface area contributed by atoms with E-state index in [0.717, 1.165) is 36.8 Å². The van der Waals surface area contributed by atoms with Crippen molar-refractivity contribution in [1.82, 2.24) is 10.2 Å². The van der Waals surface area contributed by atoms with Gasteiger partial charge in [0.15, 0.2) is 5.78 Å². The van der Waals surface area contributed by atoms with Gasteiger partial charge in [0, 0.05) is 74.4 Å². The first-order valence-electron chi connectivity index (χ1n) is 25.9. The van der Waals surface area contributed by atoms with Gasteiger partial charge in [0.2, 0.25) is 11.7 Å². The monoisotopic (exact) mass is 941 g/mol.